The van der Waals surface area contributed by atoms with Crippen molar-refractivity contribution in [1.29, 1.82) is 0 Å². The van der Waals surface area contributed by atoms with Crippen LogP contribution < -0.4 is 0 Å². The van der Waals surface area contributed by atoms with Gasteiger partial charge in [0.1, 0.15) is 6.04 Å². The number of likely N-dealkylation sites (tertiary alicyclic amines) is 1. The van der Waals surface area contributed by atoms with Crippen molar-refractivity contribution >= 4 is 29.5 Å². The van der Waals surface area contributed by atoms with Crippen LogP contribution in [0.4, 0.5) is 0 Å². The van der Waals surface area contributed by atoms with Gasteiger partial charge in [0.15, 0.2) is 0 Å². The van der Waals surface area contributed by atoms with Crippen molar-refractivity contribution in [3.05, 3.63) is 12.7 Å². The molecule has 3 unspecified atom stereocenters. The highest BCUT2D eigenvalue weighted by Crippen LogP contribution is 2.66. The van der Waals surface area contributed by atoms with Crippen molar-refractivity contribution in [3.8, 4) is 0 Å². The Morgan fingerprint density at radius 2 is 2.06 bits per heavy atom. The third kappa shape index (κ3) is 3.69. The maximum atomic E-state index is 14.1. The normalized spacial score (nSPS) is 33.5. The number of fused-ring (bicyclic) bond motifs is 1. The minimum atomic E-state index is -0.960. The Morgan fingerprint density at radius 3 is 2.58 bits per heavy atom. The molecule has 2 bridgehead atoms. The highest BCUT2D eigenvalue weighted by molar-refractivity contribution is 8.02. The van der Waals surface area contributed by atoms with E-state index in [2.05, 4.69) is 13.5 Å². The molecule has 174 valence electrons. The molecular weight excluding hydrogens is 416 g/mol. The Kier molecular flexibility index (Phi) is 7.11. The molecule has 3 rings (SSSR count). The number of thioether (sulfide) groups is 1. The summed E-state index contributed by atoms with van der Waals surface area (Å²) in [4.78, 5) is 43.3. The zero-order chi connectivity index (χ0) is 23.1. The maximum absolute atomic E-state index is 14.1. The minimum Gasteiger partial charge on any atom is -0.481 e. The summed E-state index contributed by atoms with van der Waals surface area (Å²) in [5.74, 6) is -2.95. The van der Waals surface area contributed by atoms with Crippen LogP contribution in [0.15, 0.2) is 12.7 Å². The molecular formula is C23H36N2O5S. The number of hydrogen-bond acceptors (Lipinski definition) is 5. The SMILES string of the molecule is C=CCN(C(=O)C1N([C@@H](CO)C(C)C)C(=O)[C@@H]2[C@@H](C(=O)O)[C@H]3CCC12S3)C(C)CCC. The summed E-state index contributed by atoms with van der Waals surface area (Å²) in [6, 6.07) is -1.31. The van der Waals surface area contributed by atoms with E-state index in [9.17, 15) is 24.6 Å². The zero-order valence-corrected chi connectivity index (χ0v) is 19.8. The van der Waals surface area contributed by atoms with E-state index in [4.69, 9.17) is 0 Å². The van der Waals surface area contributed by atoms with Crippen LogP contribution in [0.25, 0.3) is 0 Å². The number of carbonyl (C=O) groups is 3. The molecule has 3 fully saturated rings. The first-order valence-corrected chi connectivity index (χ1v) is 12.3. The van der Waals surface area contributed by atoms with Crippen LogP contribution in [-0.4, -0.2) is 79.1 Å². The molecule has 31 heavy (non-hydrogen) atoms. The van der Waals surface area contributed by atoms with Gasteiger partial charge in [-0.05, 0) is 32.1 Å². The number of rotatable bonds is 10. The highest BCUT2D eigenvalue weighted by atomic mass is 32.2. The number of aliphatic hydroxyl groups excluding tert-OH is 1. The third-order valence-corrected chi connectivity index (χ3v) is 9.37. The van der Waals surface area contributed by atoms with E-state index in [-0.39, 0.29) is 35.6 Å². The first kappa shape index (κ1) is 24.1. The molecule has 3 heterocycles. The zero-order valence-electron chi connectivity index (χ0n) is 19.0. The van der Waals surface area contributed by atoms with Crippen molar-refractivity contribution in [3.63, 3.8) is 0 Å². The molecule has 0 aromatic rings. The number of carboxylic acids is 1. The molecule has 3 saturated heterocycles. The number of hydrogen-bond donors (Lipinski definition) is 2. The lowest BCUT2D eigenvalue weighted by atomic mass is 9.71. The van der Waals surface area contributed by atoms with Crippen molar-refractivity contribution < 1.29 is 24.6 Å². The van der Waals surface area contributed by atoms with Crippen LogP contribution in [0.5, 0.6) is 0 Å². The second-order valence-corrected chi connectivity index (χ2v) is 11.2. The average Bonchev–Trinajstić information content (AvgIpc) is 3.34. The number of nitrogens with zero attached hydrogens (tertiary/aromatic N) is 2. The standard InChI is InChI=1S/C23H36N2O5S/c1-6-8-14(5)24(11-7-2)21(28)19-23-10-9-16(31-23)17(22(29)30)18(23)20(27)25(19)15(12-26)13(3)4/h7,13-19,26H,2,6,8-12H2,1,3-5H3,(H,29,30)/t14?,15-,16+,17-,18-,19?,23?/m0/s1. The van der Waals surface area contributed by atoms with Crippen molar-refractivity contribution in [1.82, 2.24) is 9.80 Å². The molecule has 0 saturated carbocycles. The summed E-state index contributed by atoms with van der Waals surface area (Å²) in [7, 11) is 0. The van der Waals surface area contributed by atoms with Crippen molar-refractivity contribution in [2.24, 2.45) is 17.8 Å². The van der Waals surface area contributed by atoms with Crippen LogP contribution in [0, 0.1) is 17.8 Å². The van der Waals surface area contributed by atoms with Gasteiger partial charge in [0, 0.05) is 17.8 Å². The van der Waals surface area contributed by atoms with Crippen LogP contribution in [-0.2, 0) is 14.4 Å². The molecule has 0 aromatic heterocycles. The Hall–Kier alpha value is -1.54. The topological polar surface area (TPSA) is 98.2 Å². The fraction of sp³-hybridized carbons (Fsp3) is 0.783. The minimum absolute atomic E-state index is 0.0200. The van der Waals surface area contributed by atoms with E-state index in [1.54, 1.807) is 15.9 Å². The molecule has 7 atom stereocenters. The second kappa shape index (κ2) is 9.14. The van der Waals surface area contributed by atoms with Gasteiger partial charge in [-0.15, -0.1) is 18.3 Å². The molecule has 0 radical (unpaired) electrons. The van der Waals surface area contributed by atoms with E-state index in [0.717, 1.165) is 12.8 Å². The van der Waals surface area contributed by atoms with Crippen LogP contribution in [0.1, 0.15) is 53.4 Å². The lowest BCUT2D eigenvalue weighted by molar-refractivity contribution is -0.150. The summed E-state index contributed by atoms with van der Waals surface area (Å²) in [5, 5.41) is 19.9. The molecule has 2 N–H and O–H groups in total. The fourth-order valence-electron chi connectivity index (χ4n) is 5.99. The molecule has 1 spiro atoms. The lowest BCUT2D eigenvalue weighted by Crippen LogP contribution is -2.59. The van der Waals surface area contributed by atoms with Crippen molar-refractivity contribution in [2.75, 3.05) is 13.2 Å². The van der Waals surface area contributed by atoms with Crippen molar-refractivity contribution in [2.45, 2.75) is 81.5 Å². The molecule has 7 nitrogen and oxygen atoms in total. The van der Waals surface area contributed by atoms with Gasteiger partial charge in [0.05, 0.1) is 29.2 Å². The summed E-state index contributed by atoms with van der Waals surface area (Å²) < 4.78 is -0.741. The highest BCUT2D eigenvalue weighted by Gasteiger charge is 2.74. The van der Waals surface area contributed by atoms with Gasteiger partial charge in [0.2, 0.25) is 11.8 Å². The largest absolute Gasteiger partial charge is 0.481 e. The summed E-state index contributed by atoms with van der Waals surface area (Å²) in [5.41, 5.74) is 0. The number of carbonyl (C=O) groups excluding carboxylic acids is 2. The fourth-order valence-corrected chi connectivity index (χ4v) is 8.18. The predicted octanol–water partition coefficient (Wildman–Crippen LogP) is 2.38. The lowest BCUT2D eigenvalue weighted by Gasteiger charge is -2.42. The third-order valence-electron chi connectivity index (χ3n) is 7.42. The Labute approximate surface area is 189 Å². The van der Waals surface area contributed by atoms with Gasteiger partial charge in [-0.3, -0.25) is 14.4 Å². The Bertz CT molecular complexity index is 743. The first-order chi connectivity index (χ1) is 14.7. The van der Waals surface area contributed by atoms with Gasteiger partial charge >= 0.3 is 5.97 Å². The number of aliphatic carboxylic acids is 1. The van der Waals surface area contributed by atoms with Gasteiger partial charge in [0.25, 0.3) is 0 Å². The Balaban J connectivity index is 2.11. The molecule has 3 aliphatic heterocycles. The van der Waals surface area contributed by atoms with E-state index in [0.29, 0.717) is 19.4 Å². The van der Waals surface area contributed by atoms with Gasteiger partial charge in [-0.25, -0.2) is 0 Å². The number of carboxylic acid groups (broad SMARTS) is 1. The van der Waals surface area contributed by atoms with E-state index >= 15 is 0 Å². The number of aliphatic hydroxyl groups is 1. The smallest absolute Gasteiger partial charge is 0.308 e. The van der Waals surface area contributed by atoms with E-state index in [1.165, 1.54) is 11.8 Å². The van der Waals surface area contributed by atoms with Gasteiger partial charge < -0.3 is 20.0 Å². The molecule has 8 heteroatoms. The first-order valence-electron chi connectivity index (χ1n) is 11.4. The molecule has 2 amide bonds. The summed E-state index contributed by atoms with van der Waals surface area (Å²) >= 11 is 1.53. The average molecular weight is 453 g/mol. The maximum Gasteiger partial charge on any atom is 0.308 e. The van der Waals surface area contributed by atoms with Crippen LogP contribution >= 0.6 is 11.8 Å². The van der Waals surface area contributed by atoms with Crippen LogP contribution in [0.3, 0.4) is 0 Å². The van der Waals surface area contributed by atoms with E-state index in [1.807, 2.05) is 20.8 Å². The molecule has 3 aliphatic rings. The summed E-state index contributed by atoms with van der Waals surface area (Å²) in [6.07, 6.45) is 4.80. The second-order valence-electron chi connectivity index (χ2n) is 9.55. The molecule has 0 aliphatic carbocycles. The summed E-state index contributed by atoms with van der Waals surface area (Å²) in [6.45, 7) is 11.8. The van der Waals surface area contributed by atoms with E-state index < -0.39 is 34.6 Å². The predicted molar refractivity (Wildman–Crippen MR) is 121 cm³/mol. The Morgan fingerprint density at radius 1 is 1.39 bits per heavy atom. The number of amides is 2. The quantitative estimate of drug-likeness (QED) is 0.494. The van der Waals surface area contributed by atoms with Crippen LogP contribution in [0.2, 0.25) is 0 Å². The van der Waals surface area contributed by atoms with Gasteiger partial charge in [-0.1, -0.05) is 33.3 Å². The molecule has 0 aromatic carbocycles. The van der Waals surface area contributed by atoms with Gasteiger partial charge in [-0.2, -0.15) is 0 Å². The monoisotopic (exact) mass is 452 g/mol.